The summed E-state index contributed by atoms with van der Waals surface area (Å²) in [4.78, 5) is 10.2. The van der Waals surface area contributed by atoms with Crippen molar-refractivity contribution in [1.29, 1.82) is 0 Å². The standard InChI is InChI=1S/C45H30N4O/c1-3-12-29(13-4-1)32-16-11-17-33(28-32)45-47-43(30-14-5-2-6-15-30)46-44(48-45)31-22-24-34(25-23-31)49-39-20-9-7-18-35(39)37-26-27-38-36-19-8-10-21-40(36)50-42(38)41(37)49/h1-28,44H,(H,46,47,48). The van der Waals surface area contributed by atoms with E-state index in [4.69, 9.17) is 14.4 Å². The summed E-state index contributed by atoms with van der Waals surface area (Å²) in [5.74, 6) is 1.49. The summed E-state index contributed by atoms with van der Waals surface area (Å²) in [6, 6.07) is 59.1. The third-order valence-corrected chi connectivity index (χ3v) is 9.66. The van der Waals surface area contributed by atoms with Gasteiger partial charge in [-0.3, -0.25) is 0 Å². The molecule has 1 atom stereocenters. The van der Waals surface area contributed by atoms with Crippen LogP contribution in [0.1, 0.15) is 22.9 Å². The van der Waals surface area contributed by atoms with Crippen LogP contribution in [0.5, 0.6) is 0 Å². The number of nitrogens with one attached hydrogen (secondary N) is 1. The normalized spacial score (nSPS) is 14.6. The SMILES string of the molecule is c1ccc(C2=NC(c3ccc(-n4c5ccccc5c5ccc6c7ccccc7oc6c54)cc3)NC(c3cccc(-c4ccccc4)c3)=N2)cc1. The van der Waals surface area contributed by atoms with E-state index in [0.717, 1.165) is 66.7 Å². The molecule has 5 heteroatoms. The number of hydrogen-bond donors (Lipinski definition) is 1. The lowest BCUT2D eigenvalue weighted by Crippen LogP contribution is -2.33. The zero-order valence-electron chi connectivity index (χ0n) is 27.0. The second kappa shape index (κ2) is 11.5. The van der Waals surface area contributed by atoms with Crippen molar-refractivity contribution in [3.05, 3.63) is 187 Å². The van der Waals surface area contributed by atoms with E-state index in [2.05, 4.69) is 143 Å². The highest BCUT2D eigenvalue weighted by Crippen LogP contribution is 2.40. The maximum absolute atomic E-state index is 6.56. The third-order valence-electron chi connectivity index (χ3n) is 9.66. The summed E-state index contributed by atoms with van der Waals surface area (Å²) < 4.78 is 8.89. The number of benzene rings is 7. The van der Waals surface area contributed by atoms with Crippen molar-refractivity contribution in [3.63, 3.8) is 0 Å². The molecule has 236 valence electrons. The molecule has 9 aromatic rings. The van der Waals surface area contributed by atoms with Gasteiger partial charge in [-0.25, -0.2) is 9.98 Å². The van der Waals surface area contributed by atoms with Crippen molar-refractivity contribution < 1.29 is 4.42 Å². The Labute approximate surface area is 288 Å². The highest BCUT2D eigenvalue weighted by Gasteiger charge is 2.23. The lowest BCUT2D eigenvalue weighted by molar-refractivity contribution is 0.670. The Morgan fingerprint density at radius 2 is 1.18 bits per heavy atom. The Hall–Kier alpha value is -6.72. The molecule has 0 fully saturated rings. The minimum atomic E-state index is -0.327. The van der Waals surface area contributed by atoms with Crippen LogP contribution in [0.15, 0.2) is 184 Å². The number of fused-ring (bicyclic) bond motifs is 7. The van der Waals surface area contributed by atoms with E-state index < -0.39 is 0 Å². The molecule has 1 N–H and O–H groups in total. The Balaban J connectivity index is 1.08. The summed E-state index contributed by atoms with van der Waals surface area (Å²) in [5.41, 5.74) is 10.4. The predicted molar refractivity (Wildman–Crippen MR) is 205 cm³/mol. The van der Waals surface area contributed by atoms with Crippen molar-refractivity contribution in [1.82, 2.24) is 9.88 Å². The van der Waals surface area contributed by atoms with Gasteiger partial charge in [0.15, 0.2) is 11.4 Å². The molecule has 0 aliphatic carbocycles. The summed E-state index contributed by atoms with van der Waals surface area (Å²) in [6.07, 6.45) is -0.327. The Kier molecular flexibility index (Phi) is 6.49. The molecule has 1 aliphatic heterocycles. The van der Waals surface area contributed by atoms with Crippen molar-refractivity contribution in [3.8, 4) is 16.8 Å². The van der Waals surface area contributed by atoms with Crippen molar-refractivity contribution in [2.24, 2.45) is 9.98 Å². The van der Waals surface area contributed by atoms with Crippen LogP contribution in [-0.4, -0.2) is 16.2 Å². The van der Waals surface area contributed by atoms with E-state index in [1.165, 1.54) is 16.3 Å². The highest BCUT2D eigenvalue weighted by molar-refractivity contribution is 6.21. The molecule has 0 spiro atoms. The average Bonchev–Trinajstić information content (AvgIpc) is 3.75. The second-order valence-electron chi connectivity index (χ2n) is 12.7. The predicted octanol–water partition coefficient (Wildman–Crippen LogP) is 10.8. The first kappa shape index (κ1) is 28.3. The fourth-order valence-electron chi connectivity index (χ4n) is 7.26. The lowest BCUT2D eigenvalue weighted by atomic mass is 10.0. The quantitative estimate of drug-likeness (QED) is 0.203. The molecule has 1 unspecified atom stereocenters. The van der Waals surface area contributed by atoms with Crippen molar-refractivity contribution in [2.45, 2.75) is 6.17 Å². The minimum Gasteiger partial charge on any atom is -0.454 e. The molecular formula is C45H30N4O. The minimum absolute atomic E-state index is 0.327. The van der Waals surface area contributed by atoms with Crippen LogP contribution in [0.3, 0.4) is 0 Å². The van der Waals surface area contributed by atoms with Gasteiger partial charge in [-0.15, -0.1) is 0 Å². The van der Waals surface area contributed by atoms with Crippen LogP contribution < -0.4 is 5.32 Å². The number of aliphatic imine (C=N–C) groups is 2. The molecule has 0 radical (unpaired) electrons. The number of aromatic nitrogens is 1. The molecule has 50 heavy (non-hydrogen) atoms. The monoisotopic (exact) mass is 642 g/mol. The van der Waals surface area contributed by atoms with Gasteiger partial charge in [0.1, 0.15) is 17.6 Å². The molecule has 0 amide bonds. The molecule has 7 aromatic carbocycles. The molecule has 2 aromatic heterocycles. The summed E-state index contributed by atoms with van der Waals surface area (Å²) in [7, 11) is 0. The van der Waals surface area contributed by atoms with Crippen LogP contribution in [0.2, 0.25) is 0 Å². The van der Waals surface area contributed by atoms with E-state index in [-0.39, 0.29) is 6.17 Å². The fourth-order valence-corrected chi connectivity index (χ4v) is 7.26. The van der Waals surface area contributed by atoms with Gasteiger partial charge in [0.05, 0.1) is 11.0 Å². The zero-order chi connectivity index (χ0) is 33.0. The van der Waals surface area contributed by atoms with E-state index >= 15 is 0 Å². The molecule has 3 heterocycles. The van der Waals surface area contributed by atoms with Crippen LogP contribution in [-0.2, 0) is 0 Å². The van der Waals surface area contributed by atoms with Crippen LogP contribution in [0.4, 0.5) is 0 Å². The molecule has 0 bridgehead atoms. The number of para-hydroxylation sites is 2. The van der Waals surface area contributed by atoms with Crippen LogP contribution >= 0.6 is 0 Å². The van der Waals surface area contributed by atoms with Gasteiger partial charge in [-0.2, -0.15) is 0 Å². The number of nitrogens with zero attached hydrogens (tertiary/aromatic N) is 3. The first-order chi connectivity index (χ1) is 24.8. The number of rotatable bonds is 5. The van der Waals surface area contributed by atoms with Gasteiger partial charge in [0, 0.05) is 38.4 Å². The Morgan fingerprint density at radius 3 is 2.00 bits per heavy atom. The summed E-state index contributed by atoms with van der Waals surface area (Å²) >= 11 is 0. The molecule has 0 saturated carbocycles. The Morgan fingerprint density at radius 1 is 0.520 bits per heavy atom. The second-order valence-corrected chi connectivity index (χ2v) is 12.7. The maximum atomic E-state index is 6.56. The van der Waals surface area contributed by atoms with Crippen LogP contribution in [0.25, 0.3) is 60.6 Å². The fraction of sp³-hybridized carbons (Fsp3) is 0.0222. The van der Waals surface area contributed by atoms with Crippen LogP contribution in [0, 0.1) is 0 Å². The Bertz CT molecular complexity index is 2770. The van der Waals surface area contributed by atoms with E-state index in [0.29, 0.717) is 5.84 Å². The molecular weight excluding hydrogens is 613 g/mol. The number of amidine groups is 2. The van der Waals surface area contributed by atoms with Gasteiger partial charge in [0.2, 0.25) is 0 Å². The molecule has 1 aliphatic rings. The summed E-state index contributed by atoms with van der Waals surface area (Å²) in [6.45, 7) is 0. The highest BCUT2D eigenvalue weighted by atomic mass is 16.3. The first-order valence-electron chi connectivity index (χ1n) is 16.9. The topological polar surface area (TPSA) is 54.8 Å². The average molecular weight is 643 g/mol. The smallest absolute Gasteiger partial charge is 0.160 e. The lowest BCUT2D eigenvalue weighted by Gasteiger charge is -2.24. The van der Waals surface area contributed by atoms with Gasteiger partial charge < -0.3 is 14.3 Å². The molecule has 10 rings (SSSR count). The van der Waals surface area contributed by atoms with E-state index in [1.807, 2.05) is 36.4 Å². The van der Waals surface area contributed by atoms with Gasteiger partial charge in [-0.1, -0.05) is 133 Å². The van der Waals surface area contributed by atoms with Gasteiger partial charge in [-0.05, 0) is 53.1 Å². The third kappa shape index (κ3) is 4.63. The van der Waals surface area contributed by atoms with Gasteiger partial charge >= 0.3 is 0 Å². The summed E-state index contributed by atoms with van der Waals surface area (Å²) in [5, 5.41) is 8.26. The first-order valence-corrected chi connectivity index (χ1v) is 16.9. The van der Waals surface area contributed by atoms with E-state index in [1.54, 1.807) is 0 Å². The molecule has 0 saturated heterocycles. The zero-order valence-corrected chi connectivity index (χ0v) is 27.0. The number of furan rings is 1. The van der Waals surface area contributed by atoms with Crippen molar-refractivity contribution >= 4 is 55.4 Å². The van der Waals surface area contributed by atoms with E-state index in [9.17, 15) is 0 Å². The largest absolute Gasteiger partial charge is 0.454 e. The molecule has 5 nitrogen and oxygen atoms in total. The van der Waals surface area contributed by atoms with Gasteiger partial charge in [0.25, 0.3) is 0 Å². The van der Waals surface area contributed by atoms with Crippen molar-refractivity contribution in [2.75, 3.05) is 0 Å². The number of hydrogen-bond acceptors (Lipinski definition) is 4. The maximum Gasteiger partial charge on any atom is 0.160 e.